The van der Waals surface area contributed by atoms with Gasteiger partial charge in [-0.05, 0) is 48.8 Å². The van der Waals surface area contributed by atoms with E-state index in [1.165, 1.54) is 0 Å². The number of hydrogen-bond donors (Lipinski definition) is 0. The monoisotopic (exact) mass is 434 g/mol. The predicted molar refractivity (Wildman–Crippen MR) is 96.8 cm³/mol. The van der Waals surface area contributed by atoms with Crippen molar-refractivity contribution in [1.82, 2.24) is 0 Å². The van der Waals surface area contributed by atoms with Gasteiger partial charge in [0.1, 0.15) is 22.9 Å². The summed E-state index contributed by atoms with van der Waals surface area (Å²) in [6.07, 6.45) is 0.658. The minimum atomic E-state index is -4.57. The molecule has 2 aromatic rings. The first kappa shape index (κ1) is 22.4. The second kappa shape index (κ2) is 8.86. The van der Waals surface area contributed by atoms with E-state index in [9.17, 15) is 30.7 Å². The van der Waals surface area contributed by atoms with Crippen LogP contribution in [0.5, 0.6) is 5.75 Å². The van der Waals surface area contributed by atoms with Crippen LogP contribution in [0.4, 0.5) is 30.7 Å². The first-order valence-corrected chi connectivity index (χ1v) is 9.83. The van der Waals surface area contributed by atoms with Gasteiger partial charge in [-0.2, -0.15) is 8.78 Å². The van der Waals surface area contributed by atoms with Crippen molar-refractivity contribution >= 4 is 0 Å². The molecule has 0 amide bonds. The van der Waals surface area contributed by atoms with E-state index in [1.54, 1.807) is 0 Å². The third-order valence-corrected chi connectivity index (χ3v) is 5.70. The molecule has 1 fully saturated rings. The molecule has 2 unspecified atom stereocenters. The van der Waals surface area contributed by atoms with Gasteiger partial charge < -0.3 is 4.74 Å². The molecule has 1 nitrogen and oxygen atoms in total. The van der Waals surface area contributed by atoms with E-state index >= 15 is 0 Å². The van der Waals surface area contributed by atoms with Crippen LogP contribution in [-0.4, -0.2) is 0 Å². The molecule has 1 aliphatic rings. The first-order chi connectivity index (χ1) is 14.1. The molecular formula is C22H21F7O. The molecule has 164 valence electrons. The minimum absolute atomic E-state index is 0.144. The Balaban J connectivity index is 1.87. The topological polar surface area (TPSA) is 9.23 Å². The van der Waals surface area contributed by atoms with Gasteiger partial charge in [0.05, 0.1) is 0 Å². The van der Waals surface area contributed by atoms with E-state index in [0.29, 0.717) is 24.3 Å². The Morgan fingerprint density at radius 3 is 2.00 bits per heavy atom. The van der Waals surface area contributed by atoms with Crippen LogP contribution < -0.4 is 4.74 Å². The van der Waals surface area contributed by atoms with Gasteiger partial charge in [0.15, 0.2) is 17.5 Å². The van der Waals surface area contributed by atoms with Crippen molar-refractivity contribution in [2.24, 2.45) is 5.92 Å². The fraction of sp³-hybridized carbons (Fsp3) is 0.455. The van der Waals surface area contributed by atoms with Gasteiger partial charge in [-0.3, -0.25) is 0 Å². The van der Waals surface area contributed by atoms with Crippen LogP contribution in [0.1, 0.15) is 62.5 Å². The van der Waals surface area contributed by atoms with Crippen molar-refractivity contribution in [3.8, 4) is 5.75 Å². The Kier molecular flexibility index (Phi) is 6.62. The van der Waals surface area contributed by atoms with Crippen molar-refractivity contribution in [2.45, 2.75) is 57.5 Å². The molecule has 0 radical (unpaired) electrons. The van der Waals surface area contributed by atoms with Crippen LogP contribution >= 0.6 is 0 Å². The van der Waals surface area contributed by atoms with E-state index in [2.05, 4.69) is 11.7 Å². The highest BCUT2D eigenvalue weighted by molar-refractivity contribution is 5.32. The number of benzene rings is 2. The Bertz CT molecular complexity index is 866. The lowest BCUT2D eigenvalue weighted by Crippen LogP contribution is -2.25. The highest BCUT2D eigenvalue weighted by Crippen LogP contribution is 2.40. The van der Waals surface area contributed by atoms with Gasteiger partial charge in [-0.15, -0.1) is 0 Å². The lowest BCUT2D eigenvalue weighted by Gasteiger charge is -2.22. The first-order valence-electron chi connectivity index (χ1n) is 9.83. The fourth-order valence-corrected chi connectivity index (χ4v) is 4.02. The Morgan fingerprint density at radius 1 is 0.833 bits per heavy atom. The molecule has 0 N–H and O–H groups in total. The molecule has 30 heavy (non-hydrogen) atoms. The van der Waals surface area contributed by atoms with Crippen LogP contribution in [0, 0.1) is 35.0 Å². The van der Waals surface area contributed by atoms with Crippen molar-refractivity contribution in [2.75, 3.05) is 0 Å². The predicted octanol–water partition coefficient (Wildman–Crippen LogP) is 7.58. The van der Waals surface area contributed by atoms with Crippen molar-refractivity contribution in [3.63, 3.8) is 0 Å². The molecule has 0 aliphatic heterocycles. The van der Waals surface area contributed by atoms with Crippen LogP contribution in [0.15, 0.2) is 24.3 Å². The van der Waals surface area contributed by atoms with E-state index in [0.717, 1.165) is 37.8 Å². The maximum atomic E-state index is 14.5. The zero-order chi connectivity index (χ0) is 22.1. The zero-order valence-corrected chi connectivity index (χ0v) is 16.3. The van der Waals surface area contributed by atoms with Gasteiger partial charge in [-0.25, -0.2) is 22.0 Å². The lowest BCUT2D eigenvalue weighted by molar-refractivity contribution is -0.189. The van der Waals surface area contributed by atoms with Crippen LogP contribution in [-0.2, 0) is 6.11 Å². The summed E-state index contributed by atoms with van der Waals surface area (Å²) in [6, 6.07) is 2.06. The van der Waals surface area contributed by atoms with Gasteiger partial charge >= 0.3 is 6.11 Å². The Labute approximate surface area is 169 Å². The maximum absolute atomic E-state index is 14.5. The van der Waals surface area contributed by atoms with Gasteiger partial charge in [0.2, 0.25) is 0 Å². The number of rotatable bonds is 5. The molecule has 0 bridgehead atoms. The highest BCUT2D eigenvalue weighted by Gasteiger charge is 2.42. The van der Waals surface area contributed by atoms with Crippen molar-refractivity contribution in [3.05, 3.63) is 64.5 Å². The highest BCUT2D eigenvalue weighted by atomic mass is 19.3. The average molecular weight is 434 g/mol. The molecule has 2 aromatic carbocycles. The zero-order valence-electron chi connectivity index (χ0n) is 16.3. The lowest BCUT2D eigenvalue weighted by atomic mass is 9.90. The van der Waals surface area contributed by atoms with E-state index < -0.39 is 46.5 Å². The SMILES string of the molecule is CCC1CCCC(c2cc(F)c(C(F)(F)Oc3cc(F)c(F)c(F)c3)c(F)c2)CC1. The van der Waals surface area contributed by atoms with Gasteiger partial charge in [-0.1, -0.05) is 26.2 Å². The molecule has 1 saturated carbocycles. The normalized spacial score (nSPS) is 20.1. The second-order valence-electron chi connectivity index (χ2n) is 7.66. The van der Waals surface area contributed by atoms with Gasteiger partial charge in [0.25, 0.3) is 0 Å². The summed E-state index contributed by atoms with van der Waals surface area (Å²) in [4.78, 5) is 0. The molecule has 0 spiro atoms. The molecule has 0 aromatic heterocycles. The van der Waals surface area contributed by atoms with E-state index in [4.69, 9.17) is 0 Å². The molecule has 0 heterocycles. The molecular weight excluding hydrogens is 413 g/mol. The van der Waals surface area contributed by atoms with Gasteiger partial charge in [0, 0.05) is 12.1 Å². The maximum Gasteiger partial charge on any atom is 0.432 e. The van der Waals surface area contributed by atoms with E-state index in [-0.39, 0.29) is 18.1 Å². The summed E-state index contributed by atoms with van der Waals surface area (Å²) >= 11 is 0. The number of hydrogen-bond acceptors (Lipinski definition) is 1. The third kappa shape index (κ3) is 4.73. The van der Waals surface area contributed by atoms with Crippen molar-refractivity contribution in [1.29, 1.82) is 0 Å². The molecule has 0 saturated heterocycles. The van der Waals surface area contributed by atoms with Crippen molar-refractivity contribution < 1.29 is 35.5 Å². The standard InChI is InChI=1S/C22H21F7O/c1-2-12-4-3-5-13(7-6-12)14-8-16(23)20(17(24)9-14)22(28,29)30-15-10-18(25)21(27)19(26)11-15/h8-13H,2-7H2,1H3. The quantitative estimate of drug-likeness (QED) is 0.268. The largest absolute Gasteiger partial charge is 0.432 e. The summed E-state index contributed by atoms with van der Waals surface area (Å²) < 4.78 is 101. The van der Waals surface area contributed by atoms with Crippen LogP contribution in [0.3, 0.4) is 0 Å². The Morgan fingerprint density at radius 2 is 1.43 bits per heavy atom. The van der Waals surface area contributed by atoms with E-state index in [1.807, 2.05) is 0 Å². The van der Waals surface area contributed by atoms with Crippen LogP contribution in [0.2, 0.25) is 0 Å². The summed E-state index contributed by atoms with van der Waals surface area (Å²) in [7, 11) is 0. The van der Waals surface area contributed by atoms with Crippen LogP contribution in [0.25, 0.3) is 0 Å². The summed E-state index contributed by atoms with van der Waals surface area (Å²) in [5.41, 5.74) is -1.38. The second-order valence-corrected chi connectivity index (χ2v) is 7.66. The minimum Gasteiger partial charge on any atom is -0.429 e. The summed E-state index contributed by atoms with van der Waals surface area (Å²) in [5.74, 6) is -9.15. The smallest absolute Gasteiger partial charge is 0.429 e. The molecule has 3 rings (SSSR count). The fourth-order valence-electron chi connectivity index (χ4n) is 4.02. The molecule has 1 aliphatic carbocycles. The average Bonchev–Trinajstić information content (AvgIpc) is 2.90. The summed E-state index contributed by atoms with van der Waals surface area (Å²) in [6.45, 7) is 2.08. The number of alkyl halides is 2. The summed E-state index contributed by atoms with van der Waals surface area (Å²) in [5, 5.41) is 0. The number of halogens is 7. The molecule has 8 heteroatoms. The number of ether oxygens (including phenoxy) is 1. The third-order valence-electron chi connectivity index (χ3n) is 5.70. The molecule has 2 atom stereocenters. The Hall–Kier alpha value is -2.25.